The largest absolute Gasteiger partial charge is 0.497 e. The standard InChI is InChI=1S/C25H29N3O5S/c1-29-19-8-9-20(22(12-19)31-3)27-25(34)28(15-17-7-6-10-26-14-17)16-18-11-23(32-4)24(33-5)13-21(18)30-2/h6-14H,15-16H2,1-5H3,(H,27,34). The summed E-state index contributed by atoms with van der Waals surface area (Å²) >= 11 is 5.82. The number of ether oxygens (including phenoxy) is 5. The third-order valence-corrected chi connectivity index (χ3v) is 5.54. The molecule has 0 aliphatic carbocycles. The minimum atomic E-state index is 0.447. The van der Waals surface area contributed by atoms with Crippen molar-refractivity contribution in [1.29, 1.82) is 0 Å². The van der Waals surface area contributed by atoms with E-state index in [0.717, 1.165) is 16.8 Å². The van der Waals surface area contributed by atoms with Gasteiger partial charge in [0.1, 0.15) is 17.2 Å². The third kappa shape index (κ3) is 5.99. The average Bonchev–Trinajstić information content (AvgIpc) is 2.88. The van der Waals surface area contributed by atoms with Crippen molar-refractivity contribution in [2.75, 3.05) is 40.9 Å². The number of hydrogen-bond donors (Lipinski definition) is 1. The smallest absolute Gasteiger partial charge is 0.174 e. The first-order chi connectivity index (χ1) is 16.5. The van der Waals surface area contributed by atoms with Crippen molar-refractivity contribution < 1.29 is 23.7 Å². The Morgan fingerprint density at radius 2 is 1.53 bits per heavy atom. The zero-order valence-electron chi connectivity index (χ0n) is 20.0. The van der Waals surface area contributed by atoms with Gasteiger partial charge in [0.05, 0.1) is 41.2 Å². The second kappa shape index (κ2) is 11.9. The molecule has 34 heavy (non-hydrogen) atoms. The van der Waals surface area contributed by atoms with Crippen molar-refractivity contribution in [3.63, 3.8) is 0 Å². The number of pyridine rings is 1. The Morgan fingerprint density at radius 1 is 0.824 bits per heavy atom. The molecule has 0 bridgehead atoms. The van der Waals surface area contributed by atoms with E-state index in [1.54, 1.807) is 53.9 Å². The van der Waals surface area contributed by atoms with Crippen molar-refractivity contribution in [3.8, 4) is 28.7 Å². The molecule has 3 rings (SSSR count). The highest BCUT2D eigenvalue weighted by atomic mass is 32.1. The van der Waals surface area contributed by atoms with Gasteiger partial charge in [-0.25, -0.2) is 0 Å². The SMILES string of the molecule is COc1ccc(NC(=S)N(Cc2cccnc2)Cc2cc(OC)c(OC)cc2OC)c(OC)c1. The van der Waals surface area contributed by atoms with Crippen LogP contribution < -0.4 is 29.0 Å². The number of nitrogens with zero attached hydrogens (tertiary/aromatic N) is 2. The van der Waals surface area contributed by atoms with E-state index in [1.807, 2.05) is 41.4 Å². The lowest BCUT2D eigenvalue weighted by atomic mass is 10.1. The minimum Gasteiger partial charge on any atom is -0.497 e. The fourth-order valence-corrected chi connectivity index (χ4v) is 3.67. The second-order valence-electron chi connectivity index (χ2n) is 7.23. The molecule has 0 saturated heterocycles. The van der Waals surface area contributed by atoms with Gasteiger partial charge in [0, 0.05) is 43.2 Å². The quantitative estimate of drug-likeness (QED) is 0.419. The summed E-state index contributed by atoms with van der Waals surface area (Å²) in [4.78, 5) is 6.25. The molecule has 0 radical (unpaired) electrons. The van der Waals surface area contributed by atoms with Crippen LogP contribution in [0.5, 0.6) is 28.7 Å². The first kappa shape index (κ1) is 24.9. The summed E-state index contributed by atoms with van der Waals surface area (Å²) in [5.74, 6) is 3.17. The van der Waals surface area contributed by atoms with Gasteiger partial charge in [-0.15, -0.1) is 0 Å². The Bertz CT molecular complexity index is 1110. The summed E-state index contributed by atoms with van der Waals surface area (Å²) in [5, 5.41) is 3.81. The van der Waals surface area contributed by atoms with Gasteiger partial charge in [-0.2, -0.15) is 0 Å². The fourth-order valence-electron chi connectivity index (χ4n) is 3.43. The van der Waals surface area contributed by atoms with Crippen LogP contribution in [0.15, 0.2) is 54.9 Å². The van der Waals surface area contributed by atoms with E-state index in [2.05, 4.69) is 10.3 Å². The van der Waals surface area contributed by atoms with E-state index >= 15 is 0 Å². The molecule has 9 heteroatoms. The van der Waals surface area contributed by atoms with Gasteiger partial charge < -0.3 is 33.9 Å². The van der Waals surface area contributed by atoms with Gasteiger partial charge in [-0.3, -0.25) is 4.98 Å². The molecule has 0 fully saturated rings. The predicted molar refractivity (Wildman–Crippen MR) is 135 cm³/mol. The molecule has 0 saturated carbocycles. The van der Waals surface area contributed by atoms with Crippen molar-refractivity contribution in [2.24, 2.45) is 0 Å². The van der Waals surface area contributed by atoms with E-state index in [9.17, 15) is 0 Å². The van der Waals surface area contributed by atoms with E-state index in [-0.39, 0.29) is 0 Å². The van der Waals surface area contributed by atoms with Crippen LogP contribution in [0.25, 0.3) is 0 Å². The molecule has 8 nitrogen and oxygen atoms in total. The second-order valence-corrected chi connectivity index (χ2v) is 7.62. The number of methoxy groups -OCH3 is 5. The highest BCUT2D eigenvalue weighted by Gasteiger charge is 2.19. The molecule has 1 aromatic heterocycles. The van der Waals surface area contributed by atoms with E-state index in [4.69, 9.17) is 35.9 Å². The molecule has 3 aromatic rings. The summed E-state index contributed by atoms with van der Waals surface area (Å²) in [6.07, 6.45) is 3.55. The molecule has 0 spiro atoms. The Morgan fingerprint density at radius 3 is 2.15 bits per heavy atom. The number of benzene rings is 2. The highest BCUT2D eigenvalue weighted by Crippen LogP contribution is 2.36. The van der Waals surface area contributed by atoms with E-state index < -0.39 is 0 Å². The van der Waals surface area contributed by atoms with Crippen LogP contribution in [0.2, 0.25) is 0 Å². The lowest BCUT2D eigenvalue weighted by Crippen LogP contribution is -2.34. The van der Waals surface area contributed by atoms with Crippen molar-refractivity contribution >= 4 is 23.0 Å². The van der Waals surface area contributed by atoms with Crippen molar-refractivity contribution in [2.45, 2.75) is 13.1 Å². The van der Waals surface area contributed by atoms with Gasteiger partial charge in [-0.05, 0) is 42.0 Å². The molecule has 1 heterocycles. The molecular weight excluding hydrogens is 454 g/mol. The van der Waals surface area contributed by atoms with Gasteiger partial charge in [0.15, 0.2) is 16.6 Å². The van der Waals surface area contributed by atoms with Crippen LogP contribution in [-0.2, 0) is 13.1 Å². The van der Waals surface area contributed by atoms with E-state index in [1.165, 1.54) is 0 Å². The van der Waals surface area contributed by atoms with E-state index in [0.29, 0.717) is 46.9 Å². The maximum absolute atomic E-state index is 5.82. The maximum Gasteiger partial charge on any atom is 0.174 e. The predicted octanol–water partition coefficient (Wildman–Crippen LogP) is 4.52. The lowest BCUT2D eigenvalue weighted by molar-refractivity contribution is 0.341. The fraction of sp³-hybridized carbons (Fsp3) is 0.280. The molecule has 2 aromatic carbocycles. The first-order valence-electron chi connectivity index (χ1n) is 10.5. The molecule has 0 atom stereocenters. The third-order valence-electron chi connectivity index (χ3n) is 5.18. The summed E-state index contributed by atoms with van der Waals surface area (Å²) in [7, 11) is 8.02. The van der Waals surface area contributed by atoms with Crippen LogP contribution in [-0.4, -0.2) is 50.5 Å². The molecule has 0 aliphatic rings. The molecular formula is C25H29N3O5S. The maximum atomic E-state index is 5.82. The normalized spacial score (nSPS) is 10.3. The van der Waals surface area contributed by atoms with Crippen LogP contribution in [0, 0.1) is 0 Å². The monoisotopic (exact) mass is 483 g/mol. The number of aromatic nitrogens is 1. The van der Waals surface area contributed by atoms with Gasteiger partial charge in [0.2, 0.25) is 0 Å². The Kier molecular flexibility index (Phi) is 8.75. The lowest BCUT2D eigenvalue weighted by Gasteiger charge is -2.27. The minimum absolute atomic E-state index is 0.447. The Balaban J connectivity index is 1.94. The summed E-state index contributed by atoms with van der Waals surface area (Å²) in [5.41, 5.74) is 2.62. The number of hydrogen-bond acceptors (Lipinski definition) is 7. The van der Waals surface area contributed by atoms with Crippen LogP contribution in [0.4, 0.5) is 5.69 Å². The summed E-state index contributed by atoms with van der Waals surface area (Å²) in [6.45, 7) is 0.971. The highest BCUT2D eigenvalue weighted by molar-refractivity contribution is 7.80. The summed E-state index contributed by atoms with van der Waals surface area (Å²) < 4.78 is 27.4. The zero-order chi connectivity index (χ0) is 24.5. The number of rotatable bonds is 10. The zero-order valence-corrected chi connectivity index (χ0v) is 20.8. The van der Waals surface area contributed by atoms with Crippen molar-refractivity contribution in [3.05, 3.63) is 66.0 Å². The van der Waals surface area contributed by atoms with Gasteiger partial charge >= 0.3 is 0 Å². The first-order valence-corrected chi connectivity index (χ1v) is 10.9. The molecule has 0 amide bonds. The van der Waals surface area contributed by atoms with Gasteiger partial charge in [-0.1, -0.05) is 6.07 Å². The average molecular weight is 484 g/mol. The number of thiocarbonyl (C=S) groups is 1. The number of nitrogens with one attached hydrogen (secondary N) is 1. The van der Waals surface area contributed by atoms with Gasteiger partial charge in [0.25, 0.3) is 0 Å². The van der Waals surface area contributed by atoms with Crippen molar-refractivity contribution in [1.82, 2.24) is 9.88 Å². The molecule has 1 N–H and O–H groups in total. The van der Waals surface area contributed by atoms with Crippen LogP contribution in [0.1, 0.15) is 11.1 Å². The topological polar surface area (TPSA) is 74.3 Å². The summed E-state index contributed by atoms with van der Waals surface area (Å²) in [6, 6.07) is 13.1. The Hall–Kier alpha value is -3.72. The molecule has 0 aliphatic heterocycles. The molecule has 0 unspecified atom stereocenters. The van der Waals surface area contributed by atoms with Crippen LogP contribution >= 0.6 is 12.2 Å². The van der Waals surface area contributed by atoms with Crippen LogP contribution in [0.3, 0.4) is 0 Å². The number of anilines is 1. The Labute approximate surface area is 205 Å². The molecule has 180 valence electrons.